The predicted molar refractivity (Wildman–Crippen MR) is 73.9 cm³/mol. The Morgan fingerprint density at radius 3 is 2.50 bits per heavy atom. The third kappa shape index (κ3) is 5.27. The van der Waals surface area contributed by atoms with Crippen LogP contribution in [0.2, 0.25) is 0 Å². The number of alkyl carbamates (subject to hydrolysis) is 1. The summed E-state index contributed by atoms with van der Waals surface area (Å²) < 4.78 is 5.03. The fraction of sp³-hybridized carbons (Fsp3) is 0.429. The molecule has 2 N–H and O–H groups in total. The first-order valence-electron chi connectivity index (χ1n) is 6.34. The summed E-state index contributed by atoms with van der Waals surface area (Å²) in [5.41, 5.74) is 0.861. The lowest BCUT2D eigenvalue weighted by Crippen LogP contribution is -2.46. The molecule has 0 aliphatic rings. The van der Waals surface area contributed by atoms with Crippen LogP contribution in [0.4, 0.5) is 4.79 Å². The molecule has 0 saturated carbocycles. The van der Waals surface area contributed by atoms with Gasteiger partial charge in [-0.05, 0) is 12.0 Å². The number of nitrogens with zero attached hydrogens (tertiary/aromatic N) is 1. The molecule has 0 bridgehead atoms. The Bertz CT molecular complexity index is 434. The highest BCUT2D eigenvalue weighted by Crippen LogP contribution is 2.02. The molecule has 1 unspecified atom stereocenters. The summed E-state index contributed by atoms with van der Waals surface area (Å²) in [6.07, 6.45) is -0.528. The highest BCUT2D eigenvalue weighted by Gasteiger charge is 2.22. The first-order valence-corrected chi connectivity index (χ1v) is 6.34. The molecule has 0 aromatic heterocycles. The van der Waals surface area contributed by atoms with Crippen molar-refractivity contribution in [3.63, 3.8) is 0 Å². The van der Waals surface area contributed by atoms with Gasteiger partial charge in [0.2, 0.25) is 5.91 Å². The Balaban J connectivity index is 2.47. The van der Waals surface area contributed by atoms with Crippen LogP contribution < -0.4 is 5.32 Å². The van der Waals surface area contributed by atoms with Gasteiger partial charge in [-0.25, -0.2) is 4.79 Å². The van der Waals surface area contributed by atoms with E-state index >= 15 is 0 Å². The molecule has 6 heteroatoms. The van der Waals surface area contributed by atoms with Gasteiger partial charge in [-0.2, -0.15) is 0 Å². The standard InChI is InChI=1S/C14H20N2O4/c1-16(2)13(18)12(8-9-17)15-14(19)20-10-11-6-4-3-5-7-11/h3-7,12,17H,8-10H2,1-2H3,(H,15,19). The van der Waals surface area contributed by atoms with E-state index in [0.717, 1.165) is 5.56 Å². The van der Waals surface area contributed by atoms with E-state index in [9.17, 15) is 9.59 Å². The summed E-state index contributed by atoms with van der Waals surface area (Å²) in [5.74, 6) is -0.282. The van der Waals surface area contributed by atoms with Gasteiger partial charge in [-0.1, -0.05) is 30.3 Å². The number of ether oxygens (including phenoxy) is 1. The molecule has 0 aliphatic carbocycles. The third-order valence-corrected chi connectivity index (χ3v) is 2.66. The van der Waals surface area contributed by atoms with E-state index < -0.39 is 12.1 Å². The van der Waals surface area contributed by atoms with E-state index in [1.165, 1.54) is 4.90 Å². The van der Waals surface area contributed by atoms with Crippen LogP contribution in [0.5, 0.6) is 0 Å². The first kappa shape index (κ1) is 16.0. The van der Waals surface area contributed by atoms with E-state index in [0.29, 0.717) is 0 Å². The van der Waals surface area contributed by atoms with E-state index in [4.69, 9.17) is 9.84 Å². The zero-order valence-electron chi connectivity index (χ0n) is 11.7. The van der Waals surface area contributed by atoms with E-state index in [1.807, 2.05) is 30.3 Å². The number of amides is 2. The quantitative estimate of drug-likeness (QED) is 0.806. The summed E-state index contributed by atoms with van der Waals surface area (Å²) in [5, 5.41) is 11.4. The maximum Gasteiger partial charge on any atom is 0.408 e. The Kier molecular flexibility index (Phi) is 6.52. The van der Waals surface area contributed by atoms with E-state index in [1.54, 1.807) is 14.1 Å². The summed E-state index contributed by atoms with van der Waals surface area (Å²) >= 11 is 0. The molecule has 1 rings (SSSR count). The second kappa shape index (κ2) is 8.16. The lowest BCUT2D eigenvalue weighted by molar-refractivity contribution is -0.131. The second-order valence-electron chi connectivity index (χ2n) is 4.50. The van der Waals surface area contributed by atoms with Crippen molar-refractivity contribution in [2.75, 3.05) is 20.7 Å². The predicted octanol–water partition coefficient (Wildman–Crippen LogP) is 0.752. The zero-order chi connectivity index (χ0) is 15.0. The van der Waals surface area contributed by atoms with Crippen LogP contribution in [-0.4, -0.2) is 48.8 Å². The van der Waals surface area contributed by atoms with Crippen LogP contribution in [0.25, 0.3) is 0 Å². The van der Waals surface area contributed by atoms with Gasteiger partial charge in [0, 0.05) is 20.7 Å². The molecule has 0 radical (unpaired) electrons. The van der Waals surface area contributed by atoms with Crippen LogP contribution >= 0.6 is 0 Å². The van der Waals surface area contributed by atoms with Gasteiger partial charge < -0.3 is 20.1 Å². The van der Waals surface area contributed by atoms with E-state index in [2.05, 4.69) is 5.32 Å². The molecule has 0 fully saturated rings. The lowest BCUT2D eigenvalue weighted by atomic mass is 10.2. The Morgan fingerprint density at radius 1 is 1.30 bits per heavy atom. The molecule has 2 amide bonds. The van der Waals surface area contributed by atoms with Crippen molar-refractivity contribution < 1.29 is 19.4 Å². The topological polar surface area (TPSA) is 78.9 Å². The van der Waals surface area contributed by atoms with Crippen molar-refractivity contribution in [3.8, 4) is 0 Å². The van der Waals surface area contributed by atoms with Crippen molar-refractivity contribution in [2.45, 2.75) is 19.1 Å². The summed E-state index contributed by atoms with van der Waals surface area (Å²) in [6, 6.07) is 8.46. The summed E-state index contributed by atoms with van der Waals surface area (Å²) in [6.45, 7) is -0.0577. The van der Waals surface area contributed by atoms with Crippen LogP contribution in [-0.2, 0) is 16.1 Å². The number of rotatable bonds is 6. The van der Waals surface area contributed by atoms with Crippen molar-refractivity contribution >= 4 is 12.0 Å². The van der Waals surface area contributed by atoms with Crippen LogP contribution in [0.3, 0.4) is 0 Å². The normalized spacial score (nSPS) is 11.6. The van der Waals surface area contributed by atoms with Gasteiger partial charge in [0.25, 0.3) is 0 Å². The van der Waals surface area contributed by atoms with Gasteiger partial charge in [0.05, 0.1) is 0 Å². The van der Waals surface area contributed by atoms with Gasteiger partial charge in [-0.3, -0.25) is 4.79 Å². The monoisotopic (exact) mass is 280 g/mol. The van der Waals surface area contributed by atoms with Crippen LogP contribution in [0.1, 0.15) is 12.0 Å². The summed E-state index contributed by atoms with van der Waals surface area (Å²) in [4.78, 5) is 24.8. The molecule has 1 aromatic rings. The SMILES string of the molecule is CN(C)C(=O)C(CCO)NC(=O)OCc1ccccc1. The van der Waals surface area contributed by atoms with Crippen molar-refractivity contribution in [2.24, 2.45) is 0 Å². The lowest BCUT2D eigenvalue weighted by Gasteiger charge is -2.20. The maximum atomic E-state index is 11.8. The Hall–Kier alpha value is -2.08. The number of carbonyl (C=O) groups excluding carboxylic acids is 2. The number of carbonyl (C=O) groups is 2. The minimum absolute atomic E-state index is 0.134. The van der Waals surface area contributed by atoms with Gasteiger partial charge >= 0.3 is 6.09 Å². The van der Waals surface area contributed by atoms with Gasteiger partial charge in [0.1, 0.15) is 12.6 Å². The fourth-order valence-electron chi connectivity index (χ4n) is 1.61. The molecule has 0 spiro atoms. The molecule has 0 heterocycles. The molecule has 6 nitrogen and oxygen atoms in total. The average molecular weight is 280 g/mol. The fourth-order valence-corrected chi connectivity index (χ4v) is 1.61. The molecule has 0 aliphatic heterocycles. The van der Waals surface area contributed by atoms with Crippen LogP contribution in [0, 0.1) is 0 Å². The molecule has 20 heavy (non-hydrogen) atoms. The molecule has 0 saturated heterocycles. The number of hydrogen-bond acceptors (Lipinski definition) is 4. The molecule has 1 atom stereocenters. The van der Waals surface area contributed by atoms with E-state index in [-0.39, 0.29) is 25.5 Å². The Morgan fingerprint density at radius 2 is 1.95 bits per heavy atom. The average Bonchev–Trinajstić information content (AvgIpc) is 2.45. The number of nitrogens with one attached hydrogen (secondary N) is 1. The molecule has 110 valence electrons. The largest absolute Gasteiger partial charge is 0.445 e. The smallest absolute Gasteiger partial charge is 0.408 e. The Labute approximate surface area is 118 Å². The number of benzene rings is 1. The van der Waals surface area contributed by atoms with Crippen LogP contribution in [0.15, 0.2) is 30.3 Å². The zero-order valence-corrected chi connectivity index (χ0v) is 11.7. The third-order valence-electron chi connectivity index (χ3n) is 2.66. The molecular weight excluding hydrogens is 260 g/mol. The minimum atomic E-state index is -0.779. The summed E-state index contributed by atoms with van der Waals surface area (Å²) in [7, 11) is 3.17. The number of hydrogen-bond donors (Lipinski definition) is 2. The second-order valence-corrected chi connectivity index (χ2v) is 4.50. The van der Waals surface area contributed by atoms with Gasteiger partial charge in [-0.15, -0.1) is 0 Å². The van der Waals surface area contributed by atoms with Gasteiger partial charge in [0.15, 0.2) is 0 Å². The number of aliphatic hydroxyl groups is 1. The van der Waals surface area contributed by atoms with Crippen molar-refractivity contribution in [1.82, 2.24) is 10.2 Å². The maximum absolute atomic E-state index is 11.8. The highest BCUT2D eigenvalue weighted by molar-refractivity contribution is 5.85. The van der Waals surface area contributed by atoms with Crippen molar-refractivity contribution in [1.29, 1.82) is 0 Å². The molecule has 1 aromatic carbocycles. The highest BCUT2D eigenvalue weighted by atomic mass is 16.5. The minimum Gasteiger partial charge on any atom is -0.445 e. The number of likely N-dealkylation sites (N-methyl/N-ethyl adjacent to an activating group) is 1. The molecular formula is C14H20N2O4. The number of aliphatic hydroxyl groups excluding tert-OH is 1. The van der Waals surface area contributed by atoms with Crippen molar-refractivity contribution in [3.05, 3.63) is 35.9 Å². The first-order chi connectivity index (χ1) is 9.54.